The van der Waals surface area contributed by atoms with Crippen LogP contribution in [0.3, 0.4) is 0 Å². The standard InChI is InChI=1S/C12H18N2O2/c15-10-6-1-2-7-11-16-14-13-12-8-4-3-5-9-12/h3-5,8-9,15H,1-2,6-7,10-11H2. The second-order valence-corrected chi connectivity index (χ2v) is 3.49. The fourth-order valence-corrected chi connectivity index (χ4v) is 1.24. The van der Waals surface area contributed by atoms with E-state index in [0.717, 1.165) is 31.4 Å². The summed E-state index contributed by atoms with van der Waals surface area (Å²) < 4.78 is 0. The van der Waals surface area contributed by atoms with Crippen molar-refractivity contribution < 1.29 is 9.94 Å². The number of aliphatic hydroxyl groups excluding tert-OH is 1. The van der Waals surface area contributed by atoms with Crippen molar-refractivity contribution in [1.29, 1.82) is 0 Å². The summed E-state index contributed by atoms with van der Waals surface area (Å²) in [5.74, 6) is 0. The highest BCUT2D eigenvalue weighted by Gasteiger charge is 1.89. The van der Waals surface area contributed by atoms with Crippen LogP contribution >= 0.6 is 0 Å². The van der Waals surface area contributed by atoms with Crippen LogP contribution in [-0.4, -0.2) is 18.3 Å². The third-order valence-electron chi connectivity index (χ3n) is 2.11. The molecule has 1 rings (SSSR count). The molecule has 0 heterocycles. The highest BCUT2D eigenvalue weighted by Crippen LogP contribution is 2.10. The van der Waals surface area contributed by atoms with Gasteiger partial charge in [0.1, 0.15) is 6.61 Å². The van der Waals surface area contributed by atoms with E-state index in [1.807, 2.05) is 30.3 Å². The summed E-state index contributed by atoms with van der Waals surface area (Å²) in [5, 5.41) is 16.1. The van der Waals surface area contributed by atoms with Crippen LogP contribution in [0.4, 0.5) is 5.69 Å². The van der Waals surface area contributed by atoms with Crippen molar-refractivity contribution in [3.8, 4) is 0 Å². The minimum atomic E-state index is 0.272. The number of benzene rings is 1. The van der Waals surface area contributed by atoms with Crippen molar-refractivity contribution >= 4 is 5.69 Å². The Balaban J connectivity index is 2.01. The van der Waals surface area contributed by atoms with Gasteiger partial charge in [-0.05, 0) is 31.4 Å². The zero-order valence-corrected chi connectivity index (χ0v) is 9.38. The average molecular weight is 222 g/mol. The lowest BCUT2D eigenvalue weighted by Gasteiger charge is -1.98. The first kappa shape index (κ1) is 12.6. The lowest BCUT2D eigenvalue weighted by Crippen LogP contribution is -1.89. The van der Waals surface area contributed by atoms with Crippen molar-refractivity contribution in [2.24, 2.45) is 10.4 Å². The van der Waals surface area contributed by atoms with Crippen LogP contribution in [0.1, 0.15) is 25.7 Å². The Morgan fingerprint density at radius 1 is 1.00 bits per heavy atom. The molecule has 0 aromatic heterocycles. The first-order chi connectivity index (χ1) is 7.93. The molecule has 0 aliphatic carbocycles. The fourth-order valence-electron chi connectivity index (χ4n) is 1.24. The number of unbranched alkanes of at least 4 members (excludes halogenated alkanes) is 3. The van der Waals surface area contributed by atoms with Crippen molar-refractivity contribution in [3.63, 3.8) is 0 Å². The molecular formula is C12H18N2O2. The number of rotatable bonds is 8. The van der Waals surface area contributed by atoms with Gasteiger partial charge in [0.15, 0.2) is 0 Å². The van der Waals surface area contributed by atoms with Crippen LogP contribution in [0.15, 0.2) is 40.7 Å². The van der Waals surface area contributed by atoms with Gasteiger partial charge in [-0.15, -0.1) is 5.11 Å². The highest BCUT2D eigenvalue weighted by atomic mass is 16.6. The predicted octanol–water partition coefficient (Wildman–Crippen LogP) is 3.25. The van der Waals surface area contributed by atoms with Crippen LogP contribution in [0, 0.1) is 0 Å². The molecule has 0 saturated carbocycles. The Bertz CT molecular complexity index is 288. The van der Waals surface area contributed by atoms with E-state index in [9.17, 15) is 0 Å². The lowest BCUT2D eigenvalue weighted by molar-refractivity contribution is 0.121. The topological polar surface area (TPSA) is 54.2 Å². The SMILES string of the molecule is OCCCCCCON=Nc1ccccc1. The van der Waals surface area contributed by atoms with E-state index in [-0.39, 0.29) is 6.61 Å². The summed E-state index contributed by atoms with van der Waals surface area (Å²) >= 11 is 0. The van der Waals surface area contributed by atoms with E-state index in [2.05, 4.69) is 10.4 Å². The number of hydrogen-bond acceptors (Lipinski definition) is 4. The second-order valence-electron chi connectivity index (χ2n) is 3.49. The van der Waals surface area contributed by atoms with E-state index in [0.29, 0.717) is 6.61 Å². The zero-order valence-electron chi connectivity index (χ0n) is 9.38. The third-order valence-corrected chi connectivity index (χ3v) is 2.11. The zero-order chi connectivity index (χ0) is 11.5. The van der Waals surface area contributed by atoms with E-state index in [1.165, 1.54) is 0 Å². The van der Waals surface area contributed by atoms with Gasteiger partial charge < -0.3 is 9.94 Å². The third kappa shape index (κ3) is 6.14. The molecule has 0 fully saturated rings. The quantitative estimate of drug-likeness (QED) is 0.417. The van der Waals surface area contributed by atoms with Gasteiger partial charge >= 0.3 is 0 Å². The molecule has 0 radical (unpaired) electrons. The largest absolute Gasteiger partial charge is 0.396 e. The number of aliphatic hydroxyl groups is 1. The molecule has 4 nitrogen and oxygen atoms in total. The summed E-state index contributed by atoms with van der Waals surface area (Å²) in [5.41, 5.74) is 0.794. The van der Waals surface area contributed by atoms with Crippen LogP contribution in [0.5, 0.6) is 0 Å². The molecule has 0 saturated heterocycles. The number of nitrogens with zero attached hydrogens (tertiary/aromatic N) is 2. The molecule has 0 spiro atoms. The van der Waals surface area contributed by atoms with Gasteiger partial charge in [-0.25, -0.2) is 0 Å². The second kappa shape index (κ2) is 8.85. The monoisotopic (exact) mass is 222 g/mol. The first-order valence-electron chi connectivity index (χ1n) is 5.62. The molecule has 0 aliphatic heterocycles. The summed E-state index contributed by atoms with van der Waals surface area (Å²) in [7, 11) is 0. The van der Waals surface area contributed by atoms with E-state index in [1.54, 1.807) is 0 Å². The molecule has 0 unspecified atom stereocenters. The molecule has 0 aliphatic rings. The fraction of sp³-hybridized carbons (Fsp3) is 0.500. The molecule has 0 atom stereocenters. The summed E-state index contributed by atoms with van der Waals surface area (Å²) in [6.45, 7) is 0.857. The number of hydrogen-bond donors (Lipinski definition) is 1. The van der Waals surface area contributed by atoms with Crippen LogP contribution in [0.2, 0.25) is 0 Å². The Morgan fingerprint density at radius 3 is 2.50 bits per heavy atom. The summed E-state index contributed by atoms with van der Waals surface area (Å²) in [6, 6.07) is 9.48. The van der Waals surface area contributed by atoms with E-state index >= 15 is 0 Å². The van der Waals surface area contributed by atoms with Gasteiger partial charge in [0.25, 0.3) is 0 Å². The predicted molar refractivity (Wildman–Crippen MR) is 62.5 cm³/mol. The Labute approximate surface area is 95.9 Å². The van der Waals surface area contributed by atoms with E-state index in [4.69, 9.17) is 9.94 Å². The highest BCUT2D eigenvalue weighted by molar-refractivity contribution is 5.34. The maximum atomic E-state index is 8.57. The maximum absolute atomic E-state index is 8.57. The minimum absolute atomic E-state index is 0.272. The maximum Gasteiger partial charge on any atom is 0.119 e. The van der Waals surface area contributed by atoms with Gasteiger partial charge in [0, 0.05) is 11.9 Å². The lowest BCUT2D eigenvalue weighted by atomic mass is 10.2. The van der Waals surface area contributed by atoms with Gasteiger partial charge in [0.2, 0.25) is 0 Å². The van der Waals surface area contributed by atoms with Gasteiger partial charge in [-0.2, -0.15) is 0 Å². The van der Waals surface area contributed by atoms with Gasteiger partial charge in [-0.3, -0.25) is 0 Å². The van der Waals surface area contributed by atoms with Gasteiger partial charge in [-0.1, -0.05) is 24.6 Å². The molecule has 1 aromatic rings. The van der Waals surface area contributed by atoms with Crippen molar-refractivity contribution in [3.05, 3.63) is 30.3 Å². The summed E-state index contributed by atoms with van der Waals surface area (Å²) in [4.78, 5) is 5.01. The molecule has 1 aromatic carbocycles. The minimum Gasteiger partial charge on any atom is -0.396 e. The molecule has 16 heavy (non-hydrogen) atoms. The van der Waals surface area contributed by atoms with Crippen LogP contribution in [-0.2, 0) is 4.84 Å². The average Bonchev–Trinajstić information content (AvgIpc) is 2.34. The molecular weight excluding hydrogens is 204 g/mol. The van der Waals surface area contributed by atoms with Crippen molar-refractivity contribution in [1.82, 2.24) is 0 Å². The van der Waals surface area contributed by atoms with Crippen LogP contribution < -0.4 is 0 Å². The molecule has 88 valence electrons. The Kier molecular flexibility index (Phi) is 7.00. The van der Waals surface area contributed by atoms with Crippen LogP contribution in [0.25, 0.3) is 0 Å². The molecule has 0 amide bonds. The first-order valence-corrected chi connectivity index (χ1v) is 5.62. The molecule has 1 N–H and O–H groups in total. The Morgan fingerprint density at radius 2 is 1.75 bits per heavy atom. The summed E-state index contributed by atoms with van der Waals surface area (Å²) in [6.07, 6.45) is 3.91. The smallest absolute Gasteiger partial charge is 0.119 e. The Hall–Kier alpha value is -1.42. The van der Waals surface area contributed by atoms with Crippen molar-refractivity contribution in [2.45, 2.75) is 25.7 Å². The van der Waals surface area contributed by atoms with Crippen molar-refractivity contribution in [2.75, 3.05) is 13.2 Å². The molecule has 4 heteroatoms. The van der Waals surface area contributed by atoms with Gasteiger partial charge in [0.05, 0.1) is 5.69 Å². The molecule has 0 bridgehead atoms. The normalized spacial score (nSPS) is 10.8. The van der Waals surface area contributed by atoms with E-state index < -0.39 is 0 Å².